The predicted octanol–water partition coefficient (Wildman–Crippen LogP) is -0.645. The fourth-order valence-electron chi connectivity index (χ4n) is 1.11. The number of ketones is 1. The van der Waals surface area contributed by atoms with Gasteiger partial charge in [0, 0.05) is 0 Å². The van der Waals surface area contributed by atoms with E-state index in [-0.39, 0.29) is 12.4 Å². The summed E-state index contributed by atoms with van der Waals surface area (Å²) in [5.41, 5.74) is -2.72. The van der Waals surface area contributed by atoms with Gasteiger partial charge in [-0.2, -0.15) is 0 Å². The summed E-state index contributed by atoms with van der Waals surface area (Å²) in [6.45, 7) is 1.01. The summed E-state index contributed by atoms with van der Waals surface area (Å²) in [5, 5.41) is 26.7. The maximum atomic E-state index is 11.2. The average molecular weight is 274 g/mol. The van der Waals surface area contributed by atoms with Crippen LogP contribution in [0.2, 0.25) is 0 Å². The largest absolute Gasteiger partial charge is 0.481 e. The fraction of sp³-hybridized carbons (Fsp3) is 0.455. The quantitative estimate of drug-likeness (QED) is 0.392. The van der Waals surface area contributed by atoms with Crippen LogP contribution in [0.1, 0.15) is 19.8 Å². The van der Waals surface area contributed by atoms with Gasteiger partial charge in [-0.3, -0.25) is 14.4 Å². The first kappa shape index (κ1) is 16.8. The van der Waals surface area contributed by atoms with Gasteiger partial charge in [0.25, 0.3) is 0 Å². The standard InChI is InChI=1S/C11H14O8/c1-7(12)3-2-4-19-9(15)6-11(18,10(16)17)5-8(13)14/h2-3,18H,4-6H2,1H3,(H,13,14)(H,16,17). The molecule has 1 unspecified atom stereocenters. The van der Waals surface area contributed by atoms with E-state index in [9.17, 15) is 24.3 Å². The number of aliphatic hydroxyl groups is 1. The lowest BCUT2D eigenvalue weighted by Crippen LogP contribution is -2.43. The monoisotopic (exact) mass is 274 g/mol. The van der Waals surface area contributed by atoms with Gasteiger partial charge in [0.1, 0.15) is 6.61 Å². The summed E-state index contributed by atoms with van der Waals surface area (Å²) in [6, 6.07) is 0. The highest BCUT2D eigenvalue weighted by atomic mass is 16.5. The number of allylic oxidation sites excluding steroid dienone is 1. The highest BCUT2D eigenvalue weighted by molar-refractivity contribution is 5.89. The average Bonchev–Trinajstić information content (AvgIpc) is 2.22. The molecular formula is C11H14O8. The van der Waals surface area contributed by atoms with Crippen molar-refractivity contribution in [3.8, 4) is 0 Å². The Labute approximate surface area is 108 Å². The lowest BCUT2D eigenvalue weighted by Gasteiger charge is -2.19. The van der Waals surface area contributed by atoms with E-state index in [2.05, 4.69) is 4.74 Å². The molecule has 8 nitrogen and oxygen atoms in total. The molecule has 0 aromatic carbocycles. The number of esters is 1. The van der Waals surface area contributed by atoms with E-state index < -0.39 is 36.4 Å². The summed E-state index contributed by atoms with van der Waals surface area (Å²) in [4.78, 5) is 42.9. The third kappa shape index (κ3) is 6.94. The van der Waals surface area contributed by atoms with E-state index >= 15 is 0 Å². The topological polar surface area (TPSA) is 138 Å². The Balaban J connectivity index is 4.45. The lowest BCUT2D eigenvalue weighted by atomic mass is 9.96. The summed E-state index contributed by atoms with van der Waals surface area (Å²) < 4.78 is 4.53. The van der Waals surface area contributed by atoms with Gasteiger partial charge in [0.2, 0.25) is 0 Å². The molecule has 0 saturated carbocycles. The molecule has 0 spiro atoms. The fourth-order valence-corrected chi connectivity index (χ4v) is 1.11. The van der Waals surface area contributed by atoms with Crippen LogP contribution < -0.4 is 0 Å². The van der Waals surface area contributed by atoms with Crippen LogP contribution in [-0.2, 0) is 23.9 Å². The molecule has 0 fully saturated rings. The van der Waals surface area contributed by atoms with Crippen LogP contribution in [0.15, 0.2) is 12.2 Å². The Morgan fingerprint density at radius 3 is 2.16 bits per heavy atom. The third-order valence-corrected chi connectivity index (χ3v) is 1.97. The zero-order valence-electron chi connectivity index (χ0n) is 10.2. The number of rotatable bonds is 8. The number of hydrogen-bond acceptors (Lipinski definition) is 6. The lowest BCUT2D eigenvalue weighted by molar-refractivity contribution is -0.171. The molecule has 0 amide bonds. The Bertz CT molecular complexity index is 411. The molecule has 0 radical (unpaired) electrons. The molecule has 0 aliphatic rings. The molecule has 0 rings (SSSR count). The van der Waals surface area contributed by atoms with Gasteiger partial charge in [-0.15, -0.1) is 0 Å². The Hall–Kier alpha value is -2.22. The van der Waals surface area contributed by atoms with Gasteiger partial charge >= 0.3 is 17.9 Å². The summed E-state index contributed by atoms with van der Waals surface area (Å²) in [7, 11) is 0. The first-order valence-corrected chi connectivity index (χ1v) is 5.17. The second-order valence-electron chi connectivity index (χ2n) is 3.78. The van der Waals surface area contributed by atoms with Gasteiger partial charge in [0.05, 0.1) is 12.8 Å². The molecule has 1 atom stereocenters. The number of carboxylic acids is 2. The van der Waals surface area contributed by atoms with Crippen molar-refractivity contribution >= 4 is 23.7 Å². The minimum absolute atomic E-state index is 0.260. The number of ether oxygens (including phenoxy) is 1. The minimum atomic E-state index is -2.72. The normalized spacial score (nSPS) is 13.8. The number of carbonyl (C=O) groups excluding carboxylic acids is 2. The molecule has 0 aromatic heterocycles. The summed E-state index contributed by atoms with van der Waals surface area (Å²) in [5.74, 6) is -4.73. The van der Waals surface area contributed by atoms with Gasteiger partial charge in [-0.05, 0) is 19.1 Å². The molecule has 106 valence electrons. The smallest absolute Gasteiger partial charge is 0.336 e. The van der Waals surface area contributed by atoms with Gasteiger partial charge in [-0.1, -0.05) is 0 Å². The molecule has 0 aromatic rings. The predicted molar refractivity (Wildman–Crippen MR) is 60.2 cm³/mol. The molecule has 0 heterocycles. The highest BCUT2D eigenvalue weighted by Gasteiger charge is 2.41. The summed E-state index contributed by atoms with van der Waals surface area (Å²) >= 11 is 0. The van der Waals surface area contributed by atoms with Crippen molar-refractivity contribution in [2.75, 3.05) is 6.61 Å². The molecule has 0 bridgehead atoms. The van der Waals surface area contributed by atoms with Crippen LogP contribution in [0.5, 0.6) is 0 Å². The van der Waals surface area contributed by atoms with Crippen LogP contribution in [0, 0.1) is 0 Å². The van der Waals surface area contributed by atoms with Crippen molar-refractivity contribution in [1.82, 2.24) is 0 Å². The second kappa shape index (κ2) is 7.27. The van der Waals surface area contributed by atoms with E-state index in [1.54, 1.807) is 0 Å². The maximum absolute atomic E-state index is 11.2. The zero-order valence-corrected chi connectivity index (χ0v) is 10.2. The summed E-state index contributed by atoms with van der Waals surface area (Å²) in [6.07, 6.45) is 0.258. The van der Waals surface area contributed by atoms with Gasteiger partial charge in [0.15, 0.2) is 11.4 Å². The van der Waals surface area contributed by atoms with Crippen molar-refractivity contribution < 1.29 is 39.2 Å². The molecule has 0 saturated heterocycles. The minimum Gasteiger partial charge on any atom is -0.481 e. The molecular weight excluding hydrogens is 260 g/mol. The van der Waals surface area contributed by atoms with Crippen molar-refractivity contribution in [2.45, 2.75) is 25.4 Å². The maximum Gasteiger partial charge on any atom is 0.336 e. The van der Waals surface area contributed by atoms with Crippen LogP contribution in [-0.4, -0.2) is 51.2 Å². The van der Waals surface area contributed by atoms with E-state index in [1.165, 1.54) is 13.0 Å². The van der Waals surface area contributed by atoms with Crippen LogP contribution >= 0.6 is 0 Å². The Morgan fingerprint density at radius 2 is 1.74 bits per heavy atom. The first-order valence-electron chi connectivity index (χ1n) is 5.17. The first-order chi connectivity index (χ1) is 8.67. The SMILES string of the molecule is CC(=O)C=CCOC(=O)CC(O)(CC(=O)O)C(=O)O. The molecule has 19 heavy (non-hydrogen) atoms. The van der Waals surface area contributed by atoms with Crippen molar-refractivity contribution in [3.05, 3.63) is 12.2 Å². The van der Waals surface area contributed by atoms with Gasteiger partial charge < -0.3 is 20.1 Å². The number of carboxylic acid groups (broad SMARTS) is 2. The number of hydrogen-bond donors (Lipinski definition) is 3. The second-order valence-corrected chi connectivity index (χ2v) is 3.78. The molecule has 0 aliphatic carbocycles. The van der Waals surface area contributed by atoms with E-state index in [0.29, 0.717) is 0 Å². The van der Waals surface area contributed by atoms with Crippen LogP contribution in [0.4, 0.5) is 0 Å². The Kier molecular flexibility index (Phi) is 6.42. The Morgan fingerprint density at radius 1 is 1.16 bits per heavy atom. The van der Waals surface area contributed by atoms with Crippen molar-refractivity contribution in [1.29, 1.82) is 0 Å². The zero-order chi connectivity index (χ0) is 15.1. The highest BCUT2D eigenvalue weighted by Crippen LogP contribution is 2.16. The van der Waals surface area contributed by atoms with E-state index in [4.69, 9.17) is 10.2 Å². The van der Waals surface area contributed by atoms with Crippen molar-refractivity contribution in [3.63, 3.8) is 0 Å². The van der Waals surface area contributed by atoms with Crippen LogP contribution in [0.3, 0.4) is 0 Å². The number of aliphatic carboxylic acids is 2. The number of carbonyl (C=O) groups is 4. The third-order valence-electron chi connectivity index (χ3n) is 1.97. The molecule has 0 aliphatic heterocycles. The van der Waals surface area contributed by atoms with Crippen molar-refractivity contribution in [2.24, 2.45) is 0 Å². The molecule has 3 N–H and O–H groups in total. The van der Waals surface area contributed by atoms with Gasteiger partial charge in [-0.25, -0.2) is 4.79 Å². The molecule has 8 heteroatoms. The van der Waals surface area contributed by atoms with E-state index in [0.717, 1.165) is 6.08 Å². The van der Waals surface area contributed by atoms with E-state index in [1.807, 2.05) is 0 Å². The van der Waals surface area contributed by atoms with Crippen LogP contribution in [0.25, 0.3) is 0 Å².